The molecule has 0 aliphatic carbocycles. The zero-order chi connectivity index (χ0) is 30.5. The summed E-state index contributed by atoms with van der Waals surface area (Å²) in [6.07, 6.45) is -4.47. The Balaban J connectivity index is 1.22. The van der Waals surface area contributed by atoms with Crippen molar-refractivity contribution in [2.45, 2.75) is 26.4 Å². The Labute approximate surface area is 247 Å². The van der Waals surface area contributed by atoms with Crippen LogP contribution in [0.25, 0.3) is 21.9 Å². The molecule has 0 unspecified atom stereocenters. The normalized spacial score (nSPS) is 14.1. The molecule has 4 heterocycles. The average molecular weight is 611 g/mol. The van der Waals surface area contributed by atoms with Crippen molar-refractivity contribution in [1.29, 1.82) is 0 Å². The van der Waals surface area contributed by atoms with Gasteiger partial charge in [-0.3, -0.25) is 14.0 Å². The average Bonchev–Trinajstić information content (AvgIpc) is 3.55. The first kappa shape index (κ1) is 28.6. The molecule has 3 aromatic heterocycles. The van der Waals surface area contributed by atoms with Crippen LogP contribution in [-0.4, -0.2) is 56.2 Å². The zero-order valence-corrected chi connectivity index (χ0v) is 24.0. The minimum absolute atomic E-state index is 0.0373. The van der Waals surface area contributed by atoms with Crippen molar-refractivity contribution in [2.75, 3.05) is 31.1 Å². The van der Waals surface area contributed by atoms with Gasteiger partial charge >= 0.3 is 6.18 Å². The van der Waals surface area contributed by atoms with E-state index in [1.807, 2.05) is 11.8 Å². The molecule has 6 rings (SSSR count). The second-order valence-electron chi connectivity index (χ2n) is 10.4. The van der Waals surface area contributed by atoms with E-state index in [9.17, 15) is 27.2 Å². The van der Waals surface area contributed by atoms with Gasteiger partial charge in [-0.15, -0.1) is 11.3 Å². The first-order chi connectivity index (χ1) is 20.5. The van der Waals surface area contributed by atoms with E-state index in [4.69, 9.17) is 0 Å². The highest BCUT2D eigenvalue weighted by molar-refractivity contribution is 7.15. The van der Waals surface area contributed by atoms with E-state index < -0.39 is 17.6 Å². The van der Waals surface area contributed by atoms with Crippen LogP contribution in [-0.2, 0) is 17.4 Å². The van der Waals surface area contributed by atoms with E-state index in [2.05, 4.69) is 10.1 Å². The fraction of sp³-hybridized carbons (Fsp3) is 0.267. The fourth-order valence-electron chi connectivity index (χ4n) is 5.35. The van der Waals surface area contributed by atoms with Crippen molar-refractivity contribution in [2.24, 2.45) is 0 Å². The third-order valence-corrected chi connectivity index (χ3v) is 8.40. The lowest BCUT2D eigenvalue weighted by atomic mass is 10.1. The van der Waals surface area contributed by atoms with Crippen LogP contribution < -0.4 is 10.5 Å². The van der Waals surface area contributed by atoms with Crippen molar-refractivity contribution >= 4 is 27.9 Å². The second-order valence-corrected chi connectivity index (χ2v) is 11.2. The molecule has 0 spiro atoms. The van der Waals surface area contributed by atoms with Crippen LogP contribution >= 0.6 is 11.3 Å². The van der Waals surface area contributed by atoms with Gasteiger partial charge in [-0.2, -0.15) is 18.3 Å². The summed E-state index contributed by atoms with van der Waals surface area (Å²) in [5.41, 5.74) is 2.27. The van der Waals surface area contributed by atoms with Gasteiger partial charge < -0.3 is 9.80 Å². The van der Waals surface area contributed by atoms with Crippen LogP contribution in [0.4, 0.5) is 23.2 Å². The molecule has 1 saturated heterocycles. The van der Waals surface area contributed by atoms with Crippen molar-refractivity contribution in [3.05, 3.63) is 98.8 Å². The van der Waals surface area contributed by atoms with Gasteiger partial charge in [-0.1, -0.05) is 12.1 Å². The summed E-state index contributed by atoms with van der Waals surface area (Å²) in [7, 11) is 0. The molecule has 13 heteroatoms. The van der Waals surface area contributed by atoms with E-state index in [-0.39, 0.29) is 23.5 Å². The molecule has 43 heavy (non-hydrogen) atoms. The molecule has 1 amide bonds. The number of hydrogen-bond acceptors (Lipinski definition) is 6. The highest BCUT2D eigenvalue weighted by Gasteiger charge is 2.31. The number of carbonyl (C=O) groups is 1. The van der Waals surface area contributed by atoms with E-state index in [1.54, 1.807) is 46.2 Å². The number of benzene rings is 2. The smallest absolute Gasteiger partial charge is 0.368 e. The Morgan fingerprint density at radius 2 is 1.70 bits per heavy atom. The Bertz CT molecular complexity index is 1900. The summed E-state index contributed by atoms with van der Waals surface area (Å²) in [6.45, 7) is 4.98. The summed E-state index contributed by atoms with van der Waals surface area (Å²) >= 11 is 1.26. The molecule has 5 aromatic rings. The van der Waals surface area contributed by atoms with Gasteiger partial charge in [-0.25, -0.2) is 14.1 Å². The van der Waals surface area contributed by atoms with Gasteiger partial charge in [0.25, 0.3) is 5.56 Å². The van der Waals surface area contributed by atoms with Gasteiger partial charge in [0.1, 0.15) is 11.5 Å². The summed E-state index contributed by atoms with van der Waals surface area (Å²) in [5.74, 6) is -0.596. The maximum Gasteiger partial charge on any atom is 0.416 e. The standard InChI is InChI=1S/C30H26F4N6O2S/c1-18-13-25(36-40(18)23-8-4-6-21(31)15-23)27-19(2)35-29-39(28(27)42)24(17-43-29)16-26(41)38-11-9-37(10-12-38)22-7-3-5-20(14-22)30(32,33)34/h3-8,13-15,17H,9-12,16H2,1-2H3. The molecule has 0 saturated carbocycles. The lowest BCUT2D eigenvalue weighted by Gasteiger charge is -2.36. The number of hydrogen-bond donors (Lipinski definition) is 0. The van der Waals surface area contributed by atoms with E-state index in [1.165, 1.54) is 33.9 Å². The summed E-state index contributed by atoms with van der Waals surface area (Å²) < 4.78 is 56.3. The molecule has 2 aromatic carbocycles. The minimum Gasteiger partial charge on any atom is -0.368 e. The lowest BCUT2D eigenvalue weighted by molar-refractivity contribution is -0.137. The third-order valence-electron chi connectivity index (χ3n) is 7.52. The lowest BCUT2D eigenvalue weighted by Crippen LogP contribution is -2.49. The molecular weight excluding hydrogens is 584 g/mol. The number of thiazole rings is 1. The molecule has 1 fully saturated rings. The quantitative estimate of drug-likeness (QED) is 0.254. The van der Waals surface area contributed by atoms with Crippen LogP contribution in [0, 0.1) is 19.7 Å². The number of alkyl halides is 3. The molecular formula is C30H26F4N6O2S. The molecule has 0 atom stereocenters. The van der Waals surface area contributed by atoms with Gasteiger partial charge in [0, 0.05) is 48.6 Å². The predicted octanol–water partition coefficient (Wildman–Crippen LogP) is 5.27. The van der Waals surface area contributed by atoms with Gasteiger partial charge in [0.15, 0.2) is 4.96 Å². The fourth-order valence-corrected chi connectivity index (χ4v) is 6.28. The Morgan fingerprint density at radius 3 is 2.42 bits per heavy atom. The Kier molecular flexibility index (Phi) is 7.28. The number of anilines is 1. The maximum absolute atomic E-state index is 13.8. The number of amides is 1. The molecule has 1 aliphatic rings. The van der Waals surface area contributed by atoms with Gasteiger partial charge in [-0.05, 0) is 56.3 Å². The molecule has 8 nitrogen and oxygen atoms in total. The monoisotopic (exact) mass is 610 g/mol. The van der Waals surface area contributed by atoms with Crippen molar-refractivity contribution in [3.63, 3.8) is 0 Å². The Hall–Kier alpha value is -4.52. The molecule has 0 N–H and O–H groups in total. The van der Waals surface area contributed by atoms with Crippen molar-refractivity contribution in [3.8, 4) is 16.9 Å². The highest BCUT2D eigenvalue weighted by atomic mass is 32.1. The number of aryl methyl sites for hydroxylation is 2. The van der Waals surface area contributed by atoms with E-state index in [0.717, 1.165) is 12.1 Å². The molecule has 0 bridgehead atoms. The number of fused-ring (bicyclic) bond motifs is 1. The van der Waals surface area contributed by atoms with Crippen LogP contribution in [0.3, 0.4) is 0 Å². The van der Waals surface area contributed by atoms with E-state index >= 15 is 0 Å². The Morgan fingerprint density at radius 1 is 0.977 bits per heavy atom. The number of rotatable bonds is 5. The maximum atomic E-state index is 13.8. The van der Waals surface area contributed by atoms with Crippen LogP contribution in [0.15, 0.2) is 64.8 Å². The first-order valence-electron chi connectivity index (χ1n) is 13.5. The van der Waals surface area contributed by atoms with Gasteiger partial charge in [0.05, 0.1) is 28.9 Å². The van der Waals surface area contributed by atoms with Crippen molar-refractivity contribution < 1.29 is 22.4 Å². The second kappa shape index (κ2) is 11.0. The van der Waals surface area contributed by atoms with Crippen LogP contribution in [0.5, 0.6) is 0 Å². The summed E-state index contributed by atoms with van der Waals surface area (Å²) in [4.78, 5) is 35.6. The van der Waals surface area contributed by atoms with E-state index in [0.29, 0.717) is 65.3 Å². The SMILES string of the molecule is Cc1nc2scc(CC(=O)N3CCN(c4cccc(C(F)(F)F)c4)CC3)n2c(=O)c1-c1cc(C)n(-c2cccc(F)c2)n1. The minimum atomic E-state index is -4.43. The number of carbonyl (C=O) groups excluding carboxylic acids is 1. The number of piperazine rings is 1. The number of nitrogens with zero attached hydrogens (tertiary/aromatic N) is 6. The highest BCUT2D eigenvalue weighted by Crippen LogP contribution is 2.32. The largest absolute Gasteiger partial charge is 0.416 e. The van der Waals surface area contributed by atoms with Gasteiger partial charge in [0.2, 0.25) is 5.91 Å². The van der Waals surface area contributed by atoms with Crippen LogP contribution in [0.1, 0.15) is 22.6 Å². The third kappa shape index (κ3) is 5.52. The predicted molar refractivity (Wildman–Crippen MR) is 155 cm³/mol. The number of aromatic nitrogens is 4. The molecule has 222 valence electrons. The summed E-state index contributed by atoms with van der Waals surface area (Å²) in [6, 6.07) is 12.9. The number of halogens is 4. The summed E-state index contributed by atoms with van der Waals surface area (Å²) in [5, 5.41) is 6.31. The molecule has 0 radical (unpaired) electrons. The van der Waals surface area contributed by atoms with Crippen LogP contribution in [0.2, 0.25) is 0 Å². The topological polar surface area (TPSA) is 75.7 Å². The molecule has 1 aliphatic heterocycles. The first-order valence-corrected chi connectivity index (χ1v) is 14.4. The van der Waals surface area contributed by atoms with Crippen molar-refractivity contribution in [1.82, 2.24) is 24.1 Å². The zero-order valence-electron chi connectivity index (χ0n) is 23.2.